The highest BCUT2D eigenvalue weighted by molar-refractivity contribution is 5.34. The molecule has 0 aliphatic heterocycles. The van der Waals surface area contributed by atoms with Crippen molar-refractivity contribution in [2.75, 3.05) is 51.4 Å². The third-order valence-corrected chi connectivity index (χ3v) is 2.80. The van der Waals surface area contributed by atoms with Gasteiger partial charge in [0.25, 0.3) is 5.95 Å². The van der Waals surface area contributed by atoms with Gasteiger partial charge in [-0.25, -0.2) is 4.68 Å². The molecule has 2 aromatic heterocycles. The van der Waals surface area contributed by atoms with Crippen LogP contribution in [0.5, 0.6) is 0 Å². The highest BCUT2D eigenvalue weighted by Crippen LogP contribution is 2.05. The number of nitrogens with two attached hydrogens (primary N) is 1. The second kappa shape index (κ2) is 7.50. The van der Waals surface area contributed by atoms with Crippen molar-refractivity contribution in [3.05, 3.63) is 18.5 Å². The zero-order valence-electron chi connectivity index (χ0n) is 12.2. The van der Waals surface area contributed by atoms with Crippen LogP contribution in [0.25, 0.3) is 5.95 Å². The molecule has 0 aliphatic carbocycles. The van der Waals surface area contributed by atoms with Gasteiger partial charge in [-0.05, 0) is 13.1 Å². The monoisotopic (exact) mass is 292 g/mol. The van der Waals surface area contributed by atoms with E-state index in [4.69, 9.17) is 10.5 Å². The Hall–Kier alpha value is -2.26. The molecule has 0 fully saturated rings. The molecule has 0 amide bonds. The Morgan fingerprint density at radius 1 is 1.33 bits per heavy atom. The normalized spacial score (nSPS) is 11.0. The first-order chi connectivity index (χ1) is 10.2. The third kappa shape index (κ3) is 4.65. The predicted molar refractivity (Wildman–Crippen MR) is 79.2 cm³/mol. The van der Waals surface area contributed by atoms with E-state index in [1.54, 1.807) is 25.6 Å². The fourth-order valence-corrected chi connectivity index (χ4v) is 1.67. The van der Waals surface area contributed by atoms with Gasteiger partial charge < -0.3 is 20.7 Å². The molecule has 9 heteroatoms. The van der Waals surface area contributed by atoms with E-state index in [1.807, 2.05) is 7.05 Å². The molecule has 0 saturated heterocycles. The number of methoxy groups -OCH3 is 1. The van der Waals surface area contributed by atoms with Crippen molar-refractivity contribution in [2.24, 2.45) is 0 Å². The van der Waals surface area contributed by atoms with Gasteiger partial charge in [0.05, 0.1) is 6.61 Å². The molecule has 0 aliphatic rings. The van der Waals surface area contributed by atoms with Gasteiger partial charge in [-0.3, -0.25) is 0 Å². The highest BCUT2D eigenvalue weighted by Gasteiger charge is 2.06. The number of nitrogen functional groups attached to an aromatic ring is 1. The Kier molecular flexibility index (Phi) is 5.41. The lowest BCUT2D eigenvalue weighted by Gasteiger charge is -2.16. The molecule has 2 rings (SSSR count). The van der Waals surface area contributed by atoms with Gasteiger partial charge >= 0.3 is 0 Å². The van der Waals surface area contributed by atoms with Crippen LogP contribution in [-0.2, 0) is 4.74 Å². The number of nitrogens with zero attached hydrogens (tertiary/aromatic N) is 6. The molecule has 9 nitrogen and oxygen atoms in total. The number of ether oxygens (including phenoxy) is 1. The van der Waals surface area contributed by atoms with Crippen molar-refractivity contribution >= 4 is 11.9 Å². The molecule has 0 spiro atoms. The summed E-state index contributed by atoms with van der Waals surface area (Å²) in [4.78, 5) is 14.5. The summed E-state index contributed by atoms with van der Waals surface area (Å²) in [5, 5.41) is 7.20. The number of likely N-dealkylation sites (N-methyl/N-ethyl adjacent to an activating group) is 1. The van der Waals surface area contributed by atoms with E-state index in [0.29, 0.717) is 25.0 Å². The molecule has 0 aromatic carbocycles. The number of nitrogens with one attached hydrogen (secondary N) is 1. The summed E-state index contributed by atoms with van der Waals surface area (Å²) in [6.07, 6.45) is 3.40. The van der Waals surface area contributed by atoms with Crippen LogP contribution in [0.2, 0.25) is 0 Å². The smallest absolute Gasteiger partial charge is 0.257 e. The van der Waals surface area contributed by atoms with E-state index in [0.717, 1.165) is 13.1 Å². The summed E-state index contributed by atoms with van der Waals surface area (Å²) in [6.45, 7) is 3.11. The van der Waals surface area contributed by atoms with Crippen molar-refractivity contribution in [3.63, 3.8) is 0 Å². The molecule has 0 atom stereocenters. The molecule has 21 heavy (non-hydrogen) atoms. The number of anilines is 2. The Morgan fingerprint density at radius 2 is 2.19 bits per heavy atom. The zero-order valence-corrected chi connectivity index (χ0v) is 12.2. The molecular weight excluding hydrogens is 272 g/mol. The average molecular weight is 292 g/mol. The molecular formula is C12H20N8O. The van der Waals surface area contributed by atoms with E-state index in [9.17, 15) is 0 Å². The Bertz CT molecular complexity index is 544. The van der Waals surface area contributed by atoms with Crippen LogP contribution in [0, 0.1) is 0 Å². The number of hydrogen-bond acceptors (Lipinski definition) is 8. The van der Waals surface area contributed by atoms with Gasteiger partial charge in [-0.15, -0.1) is 0 Å². The van der Waals surface area contributed by atoms with Gasteiger partial charge in [0.15, 0.2) is 0 Å². The summed E-state index contributed by atoms with van der Waals surface area (Å²) >= 11 is 0. The lowest BCUT2D eigenvalue weighted by atomic mass is 10.5. The van der Waals surface area contributed by atoms with Gasteiger partial charge in [0, 0.05) is 39.1 Å². The van der Waals surface area contributed by atoms with E-state index in [1.165, 1.54) is 4.68 Å². The minimum atomic E-state index is 0.158. The summed E-state index contributed by atoms with van der Waals surface area (Å²) in [5.74, 6) is 0.988. The van der Waals surface area contributed by atoms with Crippen molar-refractivity contribution < 1.29 is 4.74 Å². The Balaban J connectivity index is 1.91. The molecule has 0 saturated carbocycles. The van der Waals surface area contributed by atoms with Gasteiger partial charge in [-0.1, -0.05) is 0 Å². The zero-order chi connectivity index (χ0) is 15.1. The summed E-state index contributed by atoms with van der Waals surface area (Å²) < 4.78 is 6.56. The maximum Gasteiger partial charge on any atom is 0.257 e. The maximum atomic E-state index is 5.69. The van der Waals surface area contributed by atoms with E-state index in [-0.39, 0.29) is 5.95 Å². The lowest BCUT2D eigenvalue weighted by molar-refractivity contribution is 0.163. The lowest BCUT2D eigenvalue weighted by Crippen LogP contribution is -2.28. The minimum Gasteiger partial charge on any atom is -0.383 e. The van der Waals surface area contributed by atoms with Crippen LogP contribution in [0.3, 0.4) is 0 Å². The third-order valence-electron chi connectivity index (χ3n) is 2.80. The van der Waals surface area contributed by atoms with Crippen molar-refractivity contribution in [1.82, 2.24) is 29.6 Å². The van der Waals surface area contributed by atoms with Crippen molar-refractivity contribution in [2.45, 2.75) is 0 Å². The predicted octanol–water partition coefficient (Wildman–Crippen LogP) is -0.370. The van der Waals surface area contributed by atoms with Crippen LogP contribution in [-0.4, -0.2) is 70.0 Å². The van der Waals surface area contributed by atoms with Crippen LogP contribution < -0.4 is 11.1 Å². The van der Waals surface area contributed by atoms with Crippen LogP contribution in [0.4, 0.5) is 11.9 Å². The highest BCUT2D eigenvalue weighted by atomic mass is 16.5. The van der Waals surface area contributed by atoms with E-state index < -0.39 is 0 Å². The van der Waals surface area contributed by atoms with Crippen LogP contribution in [0.1, 0.15) is 0 Å². The van der Waals surface area contributed by atoms with Crippen molar-refractivity contribution in [1.29, 1.82) is 0 Å². The molecule has 3 N–H and O–H groups in total. The maximum absolute atomic E-state index is 5.69. The molecule has 0 bridgehead atoms. The number of rotatable bonds is 8. The first-order valence-electron chi connectivity index (χ1n) is 6.62. The Morgan fingerprint density at radius 3 is 2.90 bits per heavy atom. The van der Waals surface area contributed by atoms with Gasteiger partial charge in [0.2, 0.25) is 11.9 Å². The Labute approximate surface area is 123 Å². The average Bonchev–Trinajstić information content (AvgIpc) is 2.99. The van der Waals surface area contributed by atoms with Crippen LogP contribution >= 0.6 is 0 Å². The summed E-state index contributed by atoms with van der Waals surface area (Å²) in [6, 6.07) is 1.79. The molecule has 2 heterocycles. The second-order valence-electron chi connectivity index (χ2n) is 4.49. The standard InChI is InChI=1S/C12H20N8O/c1-19(8-9-21-2)7-5-14-11-16-10(13)17-12(18-11)20-6-3-4-15-20/h3-4,6H,5,7-9H2,1-2H3,(H3,13,14,16,17,18). The first kappa shape index (κ1) is 15.1. The number of aromatic nitrogens is 5. The second-order valence-corrected chi connectivity index (χ2v) is 4.49. The van der Waals surface area contributed by atoms with Gasteiger partial charge in [-0.2, -0.15) is 20.1 Å². The first-order valence-corrected chi connectivity index (χ1v) is 6.62. The minimum absolute atomic E-state index is 0.158. The molecule has 0 radical (unpaired) electrons. The quantitative estimate of drug-likeness (QED) is 0.678. The fourth-order valence-electron chi connectivity index (χ4n) is 1.67. The molecule has 114 valence electrons. The van der Waals surface area contributed by atoms with Gasteiger partial charge in [0.1, 0.15) is 0 Å². The van der Waals surface area contributed by atoms with Crippen molar-refractivity contribution in [3.8, 4) is 5.95 Å². The molecule has 2 aromatic rings. The fraction of sp³-hybridized carbons (Fsp3) is 0.500. The molecule has 0 unspecified atom stereocenters. The largest absolute Gasteiger partial charge is 0.383 e. The van der Waals surface area contributed by atoms with E-state index >= 15 is 0 Å². The number of hydrogen-bond donors (Lipinski definition) is 2. The summed E-state index contributed by atoms with van der Waals surface area (Å²) in [7, 11) is 3.72. The topological polar surface area (TPSA) is 107 Å². The SMILES string of the molecule is COCCN(C)CCNc1nc(N)nc(-n2cccn2)n1. The van der Waals surface area contributed by atoms with E-state index in [2.05, 4.69) is 30.3 Å². The van der Waals surface area contributed by atoms with Crippen LogP contribution in [0.15, 0.2) is 18.5 Å². The summed E-state index contributed by atoms with van der Waals surface area (Å²) in [5.41, 5.74) is 5.69.